The van der Waals surface area contributed by atoms with E-state index >= 15 is 0 Å². The van der Waals surface area contributed by atoms with E-state index in [4.69, 9.17) is 9.47 Å². The summed E-state index contributed by atoms with van der Waals surface area (Å²) in [6.45, 7) is -0.223. The minimum Gasteiger partial charge on any atom is -0.493 e. The summed E-state index contributed by atoms with van der Waals surface area (Å²) in [5, 5.41) is 0. The van der Waals surface area contributed by atoms with Crippen molar-refractivity contribution in [3.63, 3.8) is 0 Å². The molecule has 0 aliphatic rings. The van der Waals surface area contributed by atoms with E-state index in [2.05, 4.69) is 10.9 Å². The fourth-order valence-electron chi connectivity index (χ4n) is 2.02. The summed E-state index contributed by atoms with van der Waals surface area (Å²) in [6, 6.07) is 16.7. The first-order valence-electron chi connectivity index (χ1n) is 7.56. The first-order valence-corrected chi connectivity index (χ1v) is 7.56. The second kappa shape index (κ2) is 9.19. The number of amides is 2. The Labute approximate surface area is 140 Å². The monoisotopic (exact) mass is 328 g/mol. The van der Waals surface area contributed by atoms with Gasteiger partial charge in [0.1, 0.15) is 0 Å². The van der Waals surface area contributed by atoms with E-state index in [1.807, 2.05) is 30.3 Å². The molecule has 0 saturated carbocycles. The Morgan fingerprint density at radius 1 is 0.875 bits per heavy atom. The SMILES string of the molecule is COc1ccccc1OCC(=O)NNC(=O)CCc1ccccc1. The minimum atomic E-state index is -0.450. The lowest BCUT2D eigenvalue weighted by Gasteiger charge is -2.11. The van der Waals surface area contributed by atoms with E-state index in [1.54, 1.807) is 24.3 Å². The first-order chi connectivity index (χ1) is 11.7. The van der Waals surface area contributed by atoms with Crippen molar-refractivity contribution in [1.29, 1.82) is 0 Å². The van der Waals surface area contributed by atoms with Gasteiger partial charge in [-0.1, -0.05) is 42.5 Å². The van der Waals surface area contributed by atoms with Crippen LogP contribution < -0.4 is 20.3 Å². The number of carbonyl (C=O) groups is 2. The Hall–Kier alpha value is -3.02. The summed E-state index contributed by atoms with van der Waals surface area (Å²) in [5.41, 5.74) is 5.76. The maximum atomic E-state index is 11.7. The van der Waals surface area contributed by atoms with Crippen LogP contribution in [0.5, 0.6) is 11.5 Å². The van der Waals surface area contributed by atoms with Crippen LogP contribution in [0.3, 0.4) is 0 Å². The van der Waals surface area contributed by atoms with Crippen LogP contribution in [0, 0.1) is 0 Å². The molecule has 2 N–H and O–H groups in total. The van der Waals surface area contributed by atoms with E-state index in [0.29, 0.717) is 17.9 Å². The van der Waals surface area contributed by atoms with Crippen molar-refractivity contribution in [2.45, 2.75) is 12.8 Å². The zero-order valence-electron chi connectivity index (χ0n) is 13.5. The maximum absolute atomic E-state index is 11.7. The van der Waals surface area contributed by atoms with Crippen LogP contribution in [-0.4, -0.2) is 25.5 Å². The number of hydrogen-bond acceptors (Lipinski definition) is 4. The standard InChI is InChI=1S/C18H20N2O4/c1-23-15-9-5-6-10-16(15)24-13-18(22)20-19-17(21)12-11-14-7-3-2-4-8-14/h2-10H,11-13H2,1H3,(H,19,21)(H,20,22). The number of hydrazine groups is 1. The molecule has 0 fully saturated rings. The van der Waals surface area contributed by atoms with E-state index in [9.17, 15) is 9.59 Å². The van der Waals surface area contributed by atoms with E-state index in [0.717, 1.165) is 5.56 Å². The third kappa shape index (κ3) is 5.64. The molecule has 0 spiro atoms. The smallest absolute Gasteiger partial charge is 0.276 e. The topological polar surface area (TPSA) is 76.7 Å². The van der Waals surface area contributed by atoms with E-state index in [1.165, 1.54) is 7.11 Å². The molecule has 2 rings (SSSR count). The van der Waals surface area contributed by atoms with Crippen molar-refractivity contribution >= 4 is 11.8 Å². The Bertz CT molecular complexity index is 674. The van der Waals surface area contributed by atoms with Crippen molar-refractivity contribution < 1.29 is 19.1 Å². The van der Waals surface area contributed by atoms with Crippen LogP contribution in [0.25, 0.3) is 0 Å². The lowest BCUT2D eigenvalue weighted by Crippen LogP contribution is -2.43. The van der Waals surface area contributed by atoms with Gasteiger partial charge in [-0.15, -0.1) is 0 Å². The third-order valence-electron chi connectivity index (χ3n) is 3.25. The summed E-state index contributed by atoms with van der Waals surface area (Å²) in [5.74, 6) is 0.293. The lowest BCUT2D eigenvalue weighted by atomic mass is 10.1. The molecular formula is C18H20N2O4. The van der Waals surface area contributed by atoms with Gasteiger partial charge in [-0.25, -0.2) is 0 Å². The molecule has 2 aromatic carbocycles. The van der Waals surface area contributed by atoms with Crippen molar-refractivity contribution in [2.75, 3.05) is 13.7 Å². The molecule has 0 aromatic heterocycles. The third-order valence-corrected chi connectivity index (χ3v) is 3.25. The summed E-state index contributed by atoms with van der Waals surface area (Å²) in [7, 11) is 1.52. The molecular weight excluding hydrogens is 308 g/mol. The molecule has 2 amide bonds. The Balaban J connectivity index is 1.68. The van der Waals surface area contributed by atoms with Gasteiger partial charge >= 0.3 is 0 Å². The van der Waals surface area contributed by atoms with Crippen molar-refractivity contribution in [2.24, 2.45) is 0 Å². The molecule has 6 nitrogen and oxygen atoms in total. The second-order valence-corrected chi connectivity index (χ2v) is 5.02. The van der Waals surface area contributed by atoms with Gasteiger partial charge in [-0.2, -0.15) is 0 Å². The first kappa shape index (κ1) is 17.3. The Kier molecular flexibility index (Phi) is 6.64. The van der Waals surface area contributed by atoms with Crippen LogP contribution in [0.15, 0.2) is 54.6 Å². The number of nitrogens with one attached hydrogen (secondary N) is 2. The Morgan fingerprint density at radius 3 is 2.21 bits per heavy atom. The fourth-order valence-corrected chi connectivity index (χ4v) is 2.02. The molecule has 24 heavy (non-hydrogen) atoms. The number of aryl methyl sites for hydroxylation is 1. The highest BCUT2D eigenvalue weighted by Crippen LogP contribution is 2.25. The predicted molar refractivity (Wildman–Crippen MR) is 89.5 cm³/mol. The average molecular weight is 328 g/mol. The number of ether oxygens (including phenoxy) is 2. The summed E-state index contributed by atoms with van der Waals surface area (Å²) in [4.78, 5) is 23.4. The van der Waals surface area contributed by atoms with Crippen LogP contribution in [-0.2, 0) is 16.0 Å². The van der Waals surface area contributed by atoms with Gasteiger partial charge in [0, 0.05) is 6.42 Å². The molecule has 6 heteroatoms. The van der Waals surface area contributed by atoms with Crippen molar-refractivity contribution in [3.8, 4) is 11.5 Å². The van der Waals surface area contributed by atoms with Gasteiger partial charge in [-0.05, 0) is 24.1 Å². The summed E-state index contributed by atoms with van der Waals surface area (Å²) in [6.07, 6.45) is 0.901. The normalized spacial score (nSPS) is 9.88. The van der Waals surface area contributed by atoms with Crippen LogP contribution >= 0.6 is 0 Å². The summed E-state index contributed by atoms with van der Waals surface area (Å²) < 4.78 is 10.5. The molecule has 0 radical (unpaired) electrons. The number of rotatable bonds is 7. The highest BCUT2D eigenvalue weighted by atomic mass is 16.5. The molecule has 0 bridgehead atoms. The number of methoxy groups -OCH3 is 1. The largest absolute Gasteiger partial charge is 0.493 e. The molecule has 0 aliphatic carbocycles. The fraction of sp³-hybridized carbons (Fsp3) is 0.222. The average Bonchev–Trinajstić information content (AvgIpc) is 2.64. The lowest BCUT2D eigenvalue weighted by molar-refractivity contribution is -0.130. The van der Waals surface area contributed by atoms with Crippen molar-refractivity contribution in [1.82, 2.24) is 10.9 Å². The molecule has 0 saturated heterocycles. The van der Waals surface area contributed by atoms with Gasteiger partial charge in [-0.3, -0.25) is 20.4 Å². The maximum Gasteiger partial charge on any atom is 0.276 e. The number of para-hydroxylation sites is 2. The van der Waals surface area contributed by atoms with Gasteiger partial charge in [0.2, 0.25) is 5.91 Å². The molecule has 0 heterocycles. The number of benzene rings is 2. The summed E-state index contributed by atoms with van der Waals surface area (Å²) >= 11 is 0. The van der Waals surface area contributed by atoms with Crippen LogP contribution in [0.2, 0.25) is 0 Å². The second-order valence-electron chi connectivity index (χ2n) is 5.02. The van der Waals surface area contributed by atoms with E-state index < -0.39 is 5.91 Å². The van der Waals surface area contributed by atoms with Gasteiger partial charge in [0.05, 0.1) is 7.11 Å². The van der Waals surface area contributed by atoms with Crippen LogP contribution in [0.1, 0.15) is 12.0 Å². The zero-order chi connectivity index (χ0) is 17.2. The molecule has 0 unspecified atom stereocenters. The zero-order valence-corrected chi connectivity index (χ0v) is 13.5. The highest BCUT2D eigenvalue weighted by molar-refractivity contribution is 5.82. The van der Waals surface area contributed by atoms with E-state index in [-0.39, 0.29) is 18.9 Å². The predicted octanol–water partition coefficient (Wildman–Crippen LogP) is 1.85. The Morgan fingerprint density at radius 2 is 1.50 bits per heavy atom. The molecule has 2 aromatic rings. The molecule has 0 atom stereocenters. The van der Waals surface area contributed by atoms with Crippen molar-refractivity contribution in [3.05, 3.63) is 60.2 Å². The van der Waals surface area contributed by atoms with Crippen LogP contribution in [0.4, 0.5) is 0 Å². The minimum absolute atomic E-state index is 0.223. The number of carbonyl (C=O) groups excluding carboxylic acids is 2. The quantitative estimate of drug-likeness (QED) is 0.761. The molecule has 0 aliphatic heterocycles. The number of hydrogen-bond donors (Lipinski definition) is 2. The van der Waals surface area contributed by atoms with Gasteiger partial charge in [0.25, 0.3) is 5.91 Å². The van der Waals surface area contributed by atoms with Gasteiger partial charge in [0.15, 0.2) is 18.1 Å². The van der Waals surface area contributed by atoms with Gasteiger partial charge < -0.3 is 9.47 Å². The highest BCUT2D eigenvalue weighted by Gasteiger charge is 2.08. The molecule has 126 valence electrons.